The molecule has 1 rings (SSSR count). The highest BCUT2D eigenvalue weighted by Gasteiger charge is 2.21. The van der Waals surface area contributed by atoms with Crippen LogP contribution in [0.3, 0.4) is 0 Å². The van der Waals surface area contributed by atoms with Crippen molar-refractivity contribution in [3.8, 4) is 5.75 Å². The monoisotopic (exact) mass is 328 g/mol. The molecular weight excluding hydrogens is 304 g/mol. The fourth-order valence-electron chi connectivity index (χ4n) is 2.06. The Morgan fingerprint density at radius 3 is 2.50 bits per heavy atom. The van der Waals surface area contributed by atoms with E-state index in [4.69, 9.17) is 4.74 Å². The molecule has 22 heavy (non-hydrogen) atoms. The Kier molecular flexibility index (Phi) is 6.83. The van der Waals surface area contributed by atoms with Crippen LogP contribution >= 0.6 is 0 Å². The Morgan fingerprint density at radius 2 is 2.00 bits per heavy atom. The van der Waals surface area contributed by atoms with Crippen LogP contribution in [0.25, 0.3) is 0 Å². The number of unbranched alkanes of at least 4 members (excludes halogenated alkanes) is 1. The highest BCUT2D eigenvalue weighted by atomic mass is 32.2. The topological polar surface area (TPSA) is 75.7 Å². The molecule has 0 unspecified atom stereocenters. The smallest absolute Gasteiger partial charge is 0.253 e. The van der Waals surface area contributed by atoms with Crippen LogP contribution in [0.2, 0.25) is 0 Å². The molecule has 0 fully saturated rings. The number of rotatable bonds is 8. The summed E-state index contributed by atoms with van der Waals surface area (Å²) in [5.41, 5.74) is 0.340. The standard InChI is InChI=1S/C15H24N2O4S/c1-5-7-10-17(6-2)15(18)12-8-9-13(21-4)14(11-12)22(19,20)16-3/h8-9,11,16H,5-7,10H2,1-4H3. The molecule has 0 saturated heterocycles. The highest BCUT2D eigenvalue weighted by molar-refractivity contribution is 7.89. The summed E-state index contributed by atoms with van der Waals surface area (Å²) in [5, 5.41) is 0. The first-order chi connectivity index (χ1) is 10.4. The van der Waals surface area contributed by atoms with E-state index in [9.17, 15) is 13.2 Å². The second kappa shape index (κ2) is 8.14. The van der Waals surface area contributed by atoms with Gasteiger partial charge in [-0.05, 0) is 38.6 Å². The van der Waals surface area contributed by atoms with Crippen LogP contribution in [-0.4, -0.2) is 46.5 Å². The maximum atomic E-state index is 12.5. The number of hydrogen-bond donors (Lipinski definition) is 1. The summed E-state index contributed by atoms with van der Waals surface area (Å²) in [6, 6.07) is 4.46. The second-order valence-electron chi connectivity index (χ2n) is 4.81. The molecule has 124 valence electrons. The molecule has 1 aromatic rings. The molecule has 1 N–H and O–H groups in total. The van der Waals surface area contributed by atoms with Gasteiger partial charge in [0, 0.05) is 18.7 Å². The summed E-state index contributed by atoms with van der Waals surface area (Å²) in [4.78, 5) is 14.2. The van der Waals surface area contributed by atoms with E-state index in [0.717, 1.165) is 12.8 Å². The lowest BCUT2D eigenvalue weighted by atomic mass is 10.1. The third kappa shape index (κ3) is 4.20. The number of nitrogens with zero attached hydrogens (tertiary/aromatic N) is 1. The summed E-state index contributed by atoms with van der Waals surface area (Å²) in [6.07, 6.45) is 1.91. The van der Waals surface area contributed by atoms with Crippen molar-refractivity contribution in [3.05, 3.63) is 23.8 Å². The molecule has 7 heteroatoms. The predicted octanol–water partition coefficient (Wildman–Crippen LogP) is 1.87. The van der Waals surface area contributed by atoms with E-state index in [1.54, 1.807) is 11.0 Å². The number of ether oxygens (including phenoxy) is 1. The van der Waals surface area contributed by atoms with Crippen LogP contribution < -0.4 is 9.46 Å². The number of benzene rings is 1. The van der Waals surface area contributed by atoms with Crippen molar-refractivity contribution < 1.29 is 17.9 Å². The van der Waals surface area contributed by atoms with Gasteiger partial charge in [0.25, 0.3) is 5.91 Å². The molecule has 0 heterocycles. The molecular formula is C15H24N2O4S. The average molecular weight is 328 g/mol. The molecule has 6 nitrogen and oxygen atoms in total. The molecule has 0 bridgehead atoms. The van der Waals surface area contributed by atoms with E-state index in [0.29, 0.717) is 18.7 Å². The van der Waals surface area contributed by atoms with E-state index in [1.165, 1.54) is 26.3 Å². The van der Waals surface area contributed by atoms with Gasteiger partial charge in [-0.25, -0.2) is 13.1 Å². The van der Waals surface area contributed by atoms with Crippen molar-refractivity contribution in [2.45, 2.75) is 31.6 Å². The van der Waals surface area contributed by atoms with Gasteiger partial charge in [0.15, 0.2) is 0 Å². The Hall–Kier alpha value is -1.60. The van der Waals surface area contributed by atoms with Crippen LogP contribution in [0.5, 0.6) is 5.75 Å². The third-order valence-corrected chi connectivity index (χ3v) is 4.85. The minimum Gasteiger partial charge on any atom is -0.495 e. The Balaban J connectivity index is 3.21. The zero-order valence-electron chi connectivity index (χ0n) is 13.5. The maximum absolute atomic E-state index is 12.5. The molecule has 1 amide bonds. The van der Waals surface area contributed by atoms with Crippen LogP contribution in [-0.2, 0) is 10.0 Å². The van der Waals surface area contributed by atoms with Crippen LogP contribution in [0.4, 0.5) is 0 Å². The third-order valence-electron chi connectivity index (χ3n) is 3.42. The van der Waals surface area contributed by atoms with E-state index < -0.39 is 10.0 Å². The SMILES string of the molecule is CCCCN(CC)C(=O)c1ccc(OC)c(S(=O)(=O)NC)c1. The largest absolute Gasteiger partial charge is 0.495 e. The summed E-state index contributed by atoms with van der Waals surface area (Å²) < 4.78 is 31.4. The Labute approximate surface area is 132 Å². The lowest BCUT2D eigenvalue weighted by Crippen LogP contribution is -2.32. The molecule has 1 aromatic carbocycles. The van der Waals surface area contributed by atoms with Gasteiger partial charge < -0.3 is 9.64 Å². The molecule has 0 aliphatic heterocycles. The van der Waals surface area contributed by atoms with Crippen LogP contribution in [0.1, 0.15) is 37.0 Å². The van der Waals surface area contributed by atoms with Gasteiger partial charge in [0.1, 0.15) is 10.6 Å². The molecule has 0 aliphatic rings. The Bertz CT molecular complexity index is 614. The van der Waals surface area contributed by atoms with E-state index in [2.05, 4.69) is 11.6 Å². The van der Waals surface area contributed by atoms with E-state index in [-0.39, 0.29) is 16.6 Å². The fourth-order valence-corrected chi connectivity index (χ4v) is 2.98. The lowest BCUT2D eigenvalue weighted by molar-refractivity contribution is 0.0762. The zero-order valence-corrected chi connectivity index (χ0v) is 14.4. The quantitative estimate of drug-likeness (QED) is 0.790. The summed E-state index contributed by atoms with van der Waals surface area (Å²) >= 11 is 0. The van der Waals surface area contributed by atoms with Gasteiger partial charge in [-0.1, -0.05) is 13.3 Å². The van der Waals surface area contributed by atoms with Gasteiger partial charge in [0.05, 0.1) is 7.11 Å². The van der Waals surface area contributed by atoms with Crippen molar-refractivity contribution in [1.82, 2.24) is 9.62 Å². The van der Waals surface area contributed by atoms with Crippen LogP contribution in [0.15, 0.2) is 23.1 Å². The first-order valence-corrected chi connectivity index (χ1v) is 8.80. The first-order valence-electron chi connectivity index (χ1n) is 7.32. The minimum atomic E-state index is -3.69. The molecule has 0 atom stereocenters. The molecule has 0 aromatic heterocycles. The number of carbonyl (C=O) groups is 1. The van der Waals surface area contributed by atoms with E-state index in [1.807, 2.05) is 6.92 Å². The number of hydrogen-bond acceptors (Lipinski definition) is 4. The minimum absolute atomic E-state index is 0.0325. The summed E-state index contributed by atoms with van der Waals surface area (Å²) in [6.45, 7) is 5.20. The van der Waals surface area contributed by atoms with Gasteiger partial charge >= 0.3 is 0 Å². The highest BCUT2D eigenvalue weighted by Crippen LogP contribution is 2.25. The molecule has 0 radical (unpaired) electrons. The van der Waals surface area contributed by atoms with Gasteiger partial charge in [-0.3, -0.25) is 4.79 Å². The van der Waals surface area contributed by atoms with Crippen molar-refractivity contribution in [1.29, 1.82) is 0 Å². The fraction of sp³-hybridized carbons (Fsp3) is 0.533. The normalized spacial score (nSPS) is 11.3. The maximum Gasteiger partial charge on any atom is 0.253 e. The van der Waals surface area contributed by atoms with Gasteiger partial charge in [-0.15, -0.1) is 0 Å². The van der Waals surface area contributed by atoms with Crippen molar-refractivity contribution in [3.63, 3.8) is 0 Å². The number of carbonyl (C=O) groups excluding carboxylic acids is 1. The first kappa shape index (κ1) is 18.4. The summed E-state index contributed by atoms with van der Waals surface area (Å²) in [7, 11) is -0.976. The average Bonchev–Trinajstić information content (AvgIpc) is 2.54. The molecule has 0 saturated carbocycles. The molecule has 0 spiro atoms. The van der Waals surface area contributed by atoms with Gasteiger partial charge in [0.2, 0.25) is 10.0 Å². The van der Waals surface area contributed by atoms with E-state index >= 15 is 0 Å². The number of methoxy groups -OCH3 is 1. The second-order valence-corrected chi connectivity index (χ2v) is 6.67. The number of sulfonamides is 1. The van der Waals surface area contributed by atoms with Gasteiger partial charge in [-0.2, -0.15) is 0 Å². The van der Waals surface area contributed by atoms with Crippen molar-refractivity contribution in [2.24, 2.45) is 0 Å². The van der Waals surface area contributed by atoms with Crippen molar-refractivity contribution >= 4 is 15.9 Å². The number of nitrogens with one attached hydrogen (secondary N) is 1. The zero-order chi connectivity index (χ0) is 16.8. The number of amides is 1. The van der Waals surface area contributed by atoms with Crippen LogP contribution in [0, 0.1) is 0 Å². The summed E-state index contributed by atoms with van der Waals surface area (Å²) in [5.74, 6) is 0.0358. The molecule has 0 aliphatic carbocycles. The van der Waals surface area contributed by atoms with Crippen molar-refractivity contribution in [2.75, 3.05) is 27.2 Å². The predicted molar refractivity (Wildman–Crippen MR) is 85.7 cm³/mol. The lowest BCUT2D eigenvalue weighted by Gasteiger charge is -2.21. The Morgan fingerprint density at radius 1 is 1.32 bits per heavy atom.